The Labute approximate surface area is 160 Å². The molecule has 0 aliphatic carbocycles. The second-order valence-electron chi connectivity index (χ2n) is 4.97. The molecule has 0 radical (unpaired) electrons. The van der Waals surface area contributed by atoms with Gasteiger partial charge in [0, 0.05) is 7.05 Å². The van der Waals surface area contributed by atoms with Gasteiger partial charge >= 0.3 is 6.03 Å². The molecular weight excluding hydrogens is 405 g/mol. The monoisotopic (exact) mass is 419 g/mol. The SMILES string of the molecule is CON(C)S(=O)(=O)c1c(Cl)ccc(N(C(N)=O)c2ccccc2Cl)c1O. The smallest absolute Gasteiger partial charge is 0.324 e. The maximum Gasteiger partial charge on any atom is 0.324 e. The molecule has 0 aliphatic rings. The summed E-state index contributed by atoms with van der Waals surface area (Å²) in [5.74, 6) is -0.778. The van der Waals surface area contributed by atoms with Crippen LogP contribution in [0.5, 0.6) is 5.75 Å². The van der Waals surface area contributed by atoms with Gasteiger partial charge in [-0.15, -0.1) is 0 Å². The minimum atomic E-state index is -4.31. The van der Waals surface area contributed by atoms with Crippen LogP contribution in [0.2, 0.25) is 10.0 Å². The van der Waals surface area contributed by atoms with E-state index in [4.69, 9.17) is 28.9 Å². The molecule has 26 heavy (non-hydrogen) atoms. The number of aromatic hydroxyl groups is 1. The molecule has 0 aromatic heterocycles. The van der Waals surface area contributed by atoms with Crippen molar-refractivity contribution in [3.8, 4) is 5.75 Å². The first-order valence-corrected chi connectivity index (χ1v) is 9.21. The van der Waals surface area contributed by atoms with Crippen LogP contribution < -0.4 is 10.6 Å². The highest BCUT2D eigenvalue weighted by atomic mass is 35.5. The molecule has 2 aromatic carbocycles. The standard InChI is InChI=1S/C15H15Cl2N3O5S/c1-19(25-2)26(23,24)14-10(17)7-8-12(13(14)21)20(15(18)22)11-6-4-3-5-9(11)16/h3-8,21H,1-2H3,(H2,18,22). The molecule has 0 saturated heterocycles. The number of nitrogens with two attached hydrogens (primary N) is 1. The van der Waals surface area contributed by atoms with E-state index in [0.29, 0.717) is 4.47 Å². The highest BCUT2D eigenvalue weighted by molar-refractivity contribution is 7.89. The van der Waals surface area contributed by atoms with E-state index in [1.54, 1.807) is 12.1 Å². The summed E-state index contributed by atoms with van der Waals surface area (Å²) in [5, 5.41) is 10.5. The lowest BCUT2D eigenvalue weighted by Crippen LogP contribution is -2.32. The third-order valence-corrected chi connectivity index (χ3v) is 5.97. The molecule has 8 nitrogen and oxygen atoms in total. The molecule has 0 atom stereocenters. The Hall–Kier alpha value is -2.04. The molecule has 2 amide bonds. The molecule has 0 unspecified atom stereocenters. The lowest BCUT2D eigenvalue weighted by Gasteiger charge is -2.24. The number of sulfonamides is 1. The third kappa shape index (κ3) is 3.57. The van der Waals surface area contributed by atoms with Crippen LogP contribution in [0.25, 0.3) is 0 Å². The van der Waals surface area contributed by atoms with Gasteiger partial charge in [0.15, 0.2) is 5.75 Å². The third-order valence-electron chi connectivity index (χ3n) is 3.47. The Morgan fingerprint density at radius 2 is 1.73 bits per heavy atom. The Kier molecular flexibility index (Phi) is 5.99. The Morgan fingerprint density at radius 1 is 1.12 bits per heavy atom. The summed E-state index contributed by atoms with van der Waals surface area (Å²) >= 11 is 12.1. The molecule has 2 rings (SSSR count). The maximum absolute atomic E-state index is 12.5. The first-order chi connectivity index (χ1) is 12.1. The Bertz CT molecular complexity index is 952. The van der Waals surface area contributed by atoms with Gasteiger partial charge in [0.05, 0.1) is 28.5 Å². The number of phenols is 1. The van der Waals surface area contributed by atoms with E-state index in [1.165, 1.54) is 24.3 Å². The van der Waals surface area contributed by atoms with Gasteiger partial charge in [-0.25, -0.2) is 13.2 Å². The summed E-state index contributed by atoms with van der Waals surface area (Å²) in [6.45, 7) is 0. The van der Waals surface area contributed by atoms with E-state index in [-0.39, 0.29) is 21.4 Å². The lowest BCUT2D eigenvalue weighted by molar-refractivity contribution is -0.0259. The van der Waals surface area contributed by atoms with Gasteiger partial charge in [-0.3, -0.25) is 9.74 Å². The number of nitrogens with zero attached hydrogens (tertiary/aromatic N) is 2. The van der Waals surface area contributed by atoms with Gasteiger partial charge in [-0.05, 0) is 24.3 Å². The van der Waals surface area contributed by atoms with Crippen LogP contribution >= 0.6 is 23.2 Å². The van der Waals surface area contributed by atoms with Crippen molar-refractivity contribution in [3.63, 3.8) is 0 Å². The highest BCUT2D eigenvalue weighted by Gasteiger charge is 2.32. The number of para-hydroxylation sites is 1. The van der Waals surface area contributed by atoms with Crippen LogP contribution in [0.3, 0.4) is 0 Å². The minimum Gasteiger partial charge on any atom is -0.504 e. The van der Waals surface area contributed by atoms with Crippen molar-refractivity contribution in [2.24, 2.45) is 5.73 Å². The Balaban J connectivity index is 2.77. The highest BCUT2D eigenvalue weighted by Crippen LogP contribution is 2.43. The topological polar surface area (TPSA) is 113 Å². The molecule has 0 aliphatic heterocycles. The van der Waals surface area contributed by atoms with E-state index in [1.807, 2.05) is 0 Å². The van der Waals surface area contributed by atoms with Crippen molar-refractivity contribution in [1.82, 2.24) is 4.47 Å². The number of carbonyl (C=O) groups excluding carboxylic acids is 1. The largest absolute Gasteiger partial charge is 0.504 e. The van der Waals surface area contributed by atoms with E-state index in [2.05, 4.69) is 4.84 Å². The Morgan fingerprint density at radius 3 is 2.27 bits per heavy atom. The number of hydrogen-bond acceptors (Lipinski definition) is 5. The van der Waals surface area contributed by atoms with E-state index < -0.39 is 26.7 Å². The number of carbonyl (C=O) groups is 1. The summed E-state index contributed by atoms with van der Waals surface area (Å²) in [7, 11) is -2.05. The fourth-order valence-corrected chi connectivity index (χ4v) is 3.97. The van der Waals surface area contributed by atoms with Crippen LogP contribution in [0.4, 0.5) is 16.2 Å². The number of anilines is 2. The van der Waals surface area contributed by atoms with Gasteiger partial charge in [-0.1, -0.05) is 39.8 Å². The van der Waals surface area contributed by atoms with Crippen LogP contribution in [-0.4, -0.2) is 38.2 Å². The summed E-state index contributed by atoms with van der Waals surface area (Å²) in [6, 6.07) is 7.69. The van der Waals surface area contributed by atoms with Crippen molar-refractivity contribution < 1.29 is 23.2 Å². The molecule has 0 saturated carbocycles. The fourth-order valence-electron chi connectivity index (χ4n) is 2.19. The average Bonchev–Trinajstić information content (AvgIpc) is 2.57. The molecule has 0 bridgehead atoms. The molecule has 0 fully saturated rings. The predicted molar refractivity (Wildman–Crippen MR) is 98.2 cm³/mol. The summed E-state index contributed by atoms with van der Waals surface area (Å²) < 4.78 is 25.6. The fraction of sp³-hybridized carbons (Fsp3) is 0.133. The van der Waals surface area contributed by atoms with Crippen molar-refractivity contribution in [2.75, 3.05) is 19.1 Å². The number of benzene rings is 2. The minimum absolute atomic E-state index is 0.155. The van der Waals surface area contributed by atoms with Crippen molar-refractivity contribution in [2.45, 2.75) is 4.90 Å². The zero-order chi connectivity index (χ0) is 19.6. The van der Waals surface area contributed by atoms with Gasteiger partial charge in [0.2, 0.25) is 0 Å². The average molecular weight is 420 g/mol. The van der Waals surface area contributed by atoms with Gasteiger partial charge in [0.25, 0.3) is 10.0 Å². The van der Waals surface area contributed by atoms with Crippen LogP contribution in [0.1, 0.15) is 0 Å². The van der Waals surface area contributed by atoms with Gasteiger partial charge in [-0.2, -0.15) is 0 Å². The molecule has 2 aromatic rings. The molecule has 0 heterocycles. The summed E-state index contributed by atoms with van der Waals surface area (Å²) in [4.78, 5) is 16.9. The first-order valence-electron chi connectivity index (χ1n) is 7.01. The van der Waals surface area contributed by atoms with Gasteiger partial charge in [0.1, 0.15) is 4.90 Å². The number of rotatable bonds is 5. The van der Waals surface area contributed by atoms with Crippen molar-refractivity contribution in [1.29, 1.82) is 0 Å². The van der Waals surface area contributed by atoms with Crippen molar-refractivity contribution >= 4 is 50.6 Å². The second kappa shape index (κ2) is 7.68. The molecule has 0 spiro atoms. The van der Waals surface area contributed by atoms with Crippen molar-refractivity contribution in [3.05, 3.63) is 46.4 Å². The summed E-state index contributed by atoms with van der Waals surface area (Å²) in [5.41, 5.74) is 5.37. The van der Waals surface area contributed by atoms with Crippen LogP contribution in [0.15, 0.2) is 41.3 Å². The zero-order valence-corrected chi connectivity index (χ0v) is 16.0. The molecular formula is C15H15Cl2N3O5S. The first kappa shape index (κ1) is 20.3. The number of hydrogen-bond donors (Lipinski definition) is 2. The molecule has 140 valence electrons. The normalized spacial score (nSPS) is 11.6. The number of primary amides is 1. The van der Waals surface area contributed by atoms with Gasteiger partial charge < -0.3 is 10.8 Å². The number of urea groups is 1. The number of phenolic OH excluding ortho intramolecular Hbond substituents is 1. The molecule has 11 heteroatoms. The maximum atomic E-state index is 12.5. The molecule has 3 N–H and O–H groups in total. The number of hydroxylamine groups is 1. The van der Waals surface area contributed by atoms with Crippen LogP contribution in [0, 0.1) is 0 Å². The van der Waals surface area contributed by atoms with E-state index in [0.717, 1.165) is 19.1 Å². The quantitative estimate of drug-likeness (QED) is 0.722. The summed E-state index contributed by atoms with van der Waals surface area (Å²) in [6.07, 6.45) is 0. The van der Waals surface area contributed by atoms with E-state index in [9.17, 15) is 18.3 Å². The lowest BCUT2D eigenvalue weighted by atomic mass is 10.2. The second-order valence-corrected chi connectivity index (χ2v) is 7.65. The van der Waals surface area contributed by atoms with Crippen LogP contribution in [-0.2, 0) is 14.9 Å². The van der Waals surface area contributed by atoms with E-state index >= 15 is 0 Å². The zero-order valence-electron chi connectivity index (χ0n) is 13.7. The predicted octanol–water partition coefficient (Wildman–Crippen LogP) is 3.10. The number of halogens is 2. The number of amides is 2.